The lowest BCUT2D eigenvalue weighted by Gasteiger charge is -2.35. The Morgan fingerprint density at radius 3 is 2.15 bits per heavy atom. The van der Waals surface area contributed by atoms with Gasteiger partial charge in [-0.3, -0.25) is 9.59 Å². The van der Waals surface area contributed by atoms with Gasteiger partial charge in [-0.15, -0.1) is 0 Å². The van der Waals surface area contributed by atoms with Crippen molar-refractivity contribution in [1.82, 2.24) is 19.8 Å². The van der Waals surface area contributed by atoms with E-state index in [1.165, 1.54) is 0 Å². The quantitative estimate of drug-likeness (QED) is 0.192. The lowest BCUT2D eigenvalue weighted by Crippen LogP contribution is -2.51. The fraction of sp³-hybridized carbons (Fsp3) is 0.265. The van der Waals surface area contributed by atoms with Crippen LogP contribution in [0.5, 0.6) is 0 Å². The fourth-order valence-electron chi connectivity index (χ4n) is 4.70. The number of carbonyl (C=O) groups excluding carboxylic acids is 3. The van der Waals surface area contributed by atoms with Crippen molar-refractivity contribution in [3.63, 3.8) is 0 Å². The number of amides is 3. The molecule has 0 bridgehead atoms. The molecule has 0 aliphatic carbocycles. The van der Waals surface area contributed by atoms with Gasteiger partial charge in [0.25, 0.3) is 5.91 Å². The zero-order valence-electron chi connectivity index (χ0n) is 26.2. The Morgan fingerprint density at radius 2 is 1.49 bits per heavy atom. The average Bonchev–Trinajstić information content (AvgIpc) is 3.04. The largest absolute Gasteiger partial charge is 0.444 e. The molecule has 1 aliphatic heterocycles. The third kappa shape index (κ3) is 9.17. The fourth-order valence-corrected chi connectivity index (χ4v) is 4.88. The highest BCUT2D eigenvalue weighted by Crippen LogP contribution is 2.24. The summed E-state index contributed by atoms with van der Waals surface area (Å²) >= 11 is 6.12. The first-order valence-electron chi connectivity index (χ1n) is 15.0. The number of nitrogens with zero attached hydrogens (tertiary/aromatic N) is 4. The van der Waals surface area contributed by atoms with Gasteiger partial charge >= 0.3 is 6.09 Å². The maximum atomic E-state index is 14.6. The van der Waals surface area contributed by atoms with Crippen LogP contribution < -0.4 is 16.0 Å². The van der Waals surface area contributed by atoms with Crippen molar-refractivity contribution in [2.45, 2.75) is 32.8 Å². The van der Waals surface area contributed by atoms with Crippen molar-refractivity contribution in [3.05, 3.63) is 101 Å². The molecular weight excluding hydrogens is 625 g/mol. The van der Waals surface area contributed by atoms with E-state index in [0.29, 0.717) is 53.8 Å². The van der Waals surface area contributed by atoms with E-state index in [1.54, 1.807) is 70.5 Å². The Kier molecular flexibility index (Phi) is 10.2. The minimum atomic E-state index is -0.656. The summed E-state index contributed by atoms with van der Waals surface area (Å²) in [4.78, 5) is 49.5. The zero-order valence-corrected chi connectivity index (χ0v) is 27.0. The summed E-state index contributed by atoms with van der Waals surface area (Å²) in [5.41, 5.74) is 2.32. The molecule has 1 saturated heterocycles. The van der Waals surface area contributed by atoms with E-state index in [2.05, 4.69) is 25.9 Å². The molecule has 5 rings (SSSR count). The SMILES string of the molecule is CC(C)(C)OC(=O)N1CCN(C(=O)Cc2ccc(Nc3ncc(F)c(Nc4ccc(C(=O)Nc5ccccc5Cl)cc4)n3)cc2)CC1. The van der Waals surface area contributed by atoms with Crippen LogP contribution >= 0.6 is 11.6 Å². The van der Waals surface area contributed by atoms with Crippen molar-refractivity contribution in [2.24, 2.45) is 0 Å². The van der Waals surface area contributed by atoms with Gasteiger partial charge in [-0.2, -0.15) is 4.98 Å². The van der Waals surface area contributed by atoms with E-state index in [4.69, 9.17) is 16.3 Å². The lowest BCUT2D eigenvalue weighted by molar-refractivity contribution is -0.132. The smallest absolute Gasteiger partial charge is 0.410 e. The highest BCUT2D eigenvalue weighted by molar-refractivity contribution is 6.33. The van der Waals surface area contributed by atoms with E-state index in [-0.39, 0.29) is 36.1 Å². The van der Waals surface area contributed by atoms with Crippen molar-refractivity contribution < 1.29 is 23.5 Å². The van der Waals surface area contributed by atoms with E-state index in [1.807, 2.05) is 32.9 Å². The zero-order chi connectivity index (χ0) is 33.6. The van der Waals surface area contributed by atoms with Crippen LogP contribution in [-0.4, -0.2) is 69.5 Å². The number of nitrogens with one attached hydrogen (secondary N) is 3. The third-order valence-electron chi connectivity index (χ3n) is 7.13. The summed E-state index contributed by atoms with van der Waals surface area (Å²) in [6, 6.07) is 20.6. The van der Waals surface area contributed by atoms with Crippen molar-refractivity contribution >= 4 is 58.3 Å². The molecule has 3 aromatic carbocycles. The van der Waals surface area contributed by atoms with Crippen molar-refractivity contribution in [1.29, 1.82) is 0 Å². The van der Waals surface area contributed by atoms with Gasteiger partial charge in [-0.1, -0.05) is 35.9 Å². The summed E-state index contributed by atoms with van der Waals surface area (Å²) in [6.45, 7) is 7.20. The van der Waals surface area contributed by atoms with Gasteiger partial charge in [0.1, 0.15) is 5.60 Å². The summed E-state index contributed by atoms with van der Waals surface area (Å²) in [5, 5.41) is 9.15. The Labute approximate surface area is 277 Å². The number of hydrogen-bond acceptors (Lipinski definition) is 8. The highest BCUT2D eigenvalue weighted by atomic mass is 35.5. The molecule has 1 fully saturated rings. The van der Waals surface area contributed by atoms with Crippen LogP contribution in [-0.2, 0) is 16.0 Å². The normalized spacial score (nSPS) is 13.1. The first-order valence-corrected chi connectivity index (χ1v) is 15.4. The molecule has 3 amide bonds. The molecule has 3 N–H and O–H groups in total. The van der Waals surface area contributed by atoms with Crippen LogP contribution in [0.3, 0.4) is 0 Å². The van der Waals surface area contributed by atoms with E-state index >= 15 is 0 Å². The van der Waals surface area contributed by atoms with Crippen LogP contribution in [0.1, 0.15) is 36.7 Å². The number of hydrogen-bond donors (Lipinski definition) is 3. The topological polar surface area (TPSA) is 129 Å². The number of rotatable bonds is 8. The van der Waals surface area contributed by atoms with Crippen molar-refractivity contribution in [2.75, 3.05) is 42.1 Å². The van der Waals surface area contributed by atoms with E-state index < -0.39 is 11.4 Å². The number of carbonyl (C=O) groups is 3. The highest BCUT2D eigenvalue weighted by Gasteiger charge is 2.27. The molecule has 2 heterocycles. The molecule has 4 aromatic rings. The molecule has 1 aromatic heterocycles. The predicted octanol–water partition coefficient (Wildman–Crippen LogP) is 6.63. The molecule has 13 heteroatoms. The predicted molar refractivity (Wildman–Crippen MR) is 179 cm³/mol. The third-order valence-corrected chi connectivity index (χ3v) is 7.46. The Morgan fingerprint density at radius 1 is 0.872 bits per heavy atom. The summed E-state index contributed by atoms with van der Waals surface area (Å²) < 4.78 is 20.0. The number of aromatic nitrogens is 2. The molecule has 11 nitrogen and oxygen atoms in total. The molecule has 0 atom stereocenters. The van der Waals surface area contributed by atoms with Gasteiger partial charge in [-0.05, 0) is 74.9 Å². The second kappa shape index (κ2) is 14.5. The maximum absolute atomic E-state index is 14.6. The first kappa shape index (κ1) is 33.1. The Hall–Kier alpha value is -5.23. The Balaban J connectivity index is 1.13. The van der Waals surface area contributed by atoms with E-state index in [0.717, 1.165) is 11.8 Å². The van der Waals surface area contributed by atoms with Gasteiger partial charge in [0.05, 0.1) is 23.3 Å². The number of halogens is 2. The minimum Gasteiger partial charge on any atom is -0.444 e. The standard InChI is InChI=1S/C34H35ClFN7O4/c1-34(2,3)47-33(46)43-18-16-42(17-19-43)29(44)20-22-8-12-25(13-9-22)39-32-37-21-27(36)30(41-32)38-24-14-10-23(11-15-24)31(45)40-28-7-5-4-6-26(28)35/h4-15,21H,16-20H2,1-3H3,(H,40,45)(H2,37,38,39,41). The van der Waals surface area contributed by atoms with Gasteiger partial charge in [0.2, 0.25) is 11.9 Å². The van der Waals surface area contributed by atoms with Gasteiger partial charge < -0.3 is 30.5 Å². The average molecular weight is 660 g/mol. The first-order chi connectivity index (χ1) is 22.4. The van der Waals surface area contributed by atoms with Crippen LogP contribution in [0.15, 0.2) is 79.0 Å². The maximum Gasteiger partial charge on any atom is 0.410 e. The monoisotopic (exact) mass is 659 g/mol. The minimum absolute atomic E-state index is 0.0265. The Bertz CT molecular complexity index is 1740. The van der Waals surface area contributed by atoms with Crippen LogP contribution in [0.4, 0.5) is 38.0 Å². The number of anilines is 5. The van der Waals surface area contributed by atoms with Crippen LogP contribution in [0.25, 0.3) is 0 Å². The van der Waals surface area contributed by atoms with E-state index in [9.17, 15) is 18.8 Å². The second-order valence-corrected chi connectivity index (χ2v) is 12.3. The number of piperazine rings is 1. The van der Waals surface area contributed by atoms with Crippen LogP contribution in [0.2, 0.25) is 5.02 Å². The van der Waals surface area contributed by atoms with Gasteiger partial charge in [0, 0.05) is 43.1 Å². The molecule has 244 valence electrons. The molecule has 0 spiro atoms. The summed E-state index contributed by atoms with van der Waals surface area (Å²) in [5.74, 6) is -0.905. The van der Waals surface area contributed by atoms with Crippen molar-refractivity contribution in [3.8, 4) is 0 Å². The molecular formula is C34H35ClFN7O4. The van der Waals surface area contributed by atoms with Crippen LogP contribution in [0, 0.1) is 5.82 Å². The number of para-hydroxylation sites is 1. The van der Waals surface area contributed by atoms with Gasteiger partial charge in [-0.25, -0.2) is 14.2 Å². The molecule has 0 saturated carbocycles. The molecule has 0 radical (unpaired) electrons. The number of benzene rings is 3. The summed E-state index contributed by atoms with van der Waals surface area (Å²) in [6.07, 6.45) is 0.902. The molecule has 47 heavy (non-hydrogen) atoms. The lowest BCUT2D eigenvalue weighted by atomic mass is 10.1. The summed E-state index contributed by atoms with van der Waals surface area (Å²) in [7, 11) is 0. The molecule has 1 aliphatic rings. The second-order valence-electron chi connectivity index (χ2n) is 11.9. The molecule has 0 unspecified atom stereocenters. The van der Waals surface area contributed by atoms with Gasteiger partial charge in [0.15, 0.2) is 11.6 Å². The number of ether oxygens (including phenoxy) is 1.